The van der Waals surface area contributed by atoms with Crippen molar-refractivity contribution in [2.75, 3.05) is 12.8 Å². The molecule has 5 nitrogen and oxygen atoms in total. The number of nitrogens with two attached hydrogens (primary N) is 1. The fraction of sp³-hybridized carbons (Fsp3) is 0.286. The summed E-state index contributed by atoms with van der Waals surface area (Å²) < 4.78 is 51.5. The molecule has 0 aliphatic rings. The molecule has 0 fully saturated rings. The summed E-state index contributed by atoms with van der Waals surface area (Å²) in [4.78, 5) is 3.19. The van der Waals surface area contributed by atoms with Gasteiger partial charge in [-0.3, -0.25) is 0 Å². The van der Waals surface area contributed by atoms with Crippen molar-refractivity contribution in [2.24, 2.45) is 0 Å². The summed E-state index contributed by atoms with van der Waals surface area (Å²) in [6, 6.07) is 0.934. The third-order valence-corrected chi connectivity index (χ3v) is 2.87. The molecule has 0 aliphatic carbocycles. The number of ether oxygens (including phenoxy) is 1. The Bertz CT molecular complexity index is 507. The maximum Gasteiger partial charge on any atom is 0.282 e. The van der Waals surface area contributed by atoms with E-state index in [0.717, 1.165) is 13.2 Å². The van der Waals surface area contributed by atoms with Crippen molar-refractivity contribution in [3.8, 4) is 5.75 Å². The van der Waals surface area contributed by atoms with Crippen molar-refractivity contribution in [1.29, 1.82) is 0 Å². The summed E-state index contributed by atoms with van der Waals surface area (Å²) in [5.41, 5.74) is 4.04. The fourth-order valence-corrected chi connectivity index (χ4v) is 1.92. The Hall–Kier alpha value is -1.15. The number of aromatic nitrogens is 1. The Labute approximate surface area is 94.6 Å². The minimum atomic E-state index is -4.27. The number of nitrogens with zero attached hydrogens (tertiary/aromatic N) is 1. The summed E-state index contributed by atoms with van der Waals surface area (Å²) in [5, 5.41) is -0.777. The predicted molar refractivity (Wildman–Crippen MR) is 53.2 cm³/mol. The van der Waals surface area contributed by atoms with Gasteiger partial charge in [-0.2, -0.15) is 0 Å². The highest BCUT2D eigenvalue weighted by Gasteiger charge is 2.24. The number of methoxy groups -OCH3 is 1. The predicted octanol–water partition coefficient (Wildman–Crippen LogP) is 1.54. The van der Waals surface area contributed by atoms with E-state index < -0.39 is 26.2 Å². The van der Waals surface area contributed by atoms with Crippen LogP contribution in [-0.4, -0.2) is 20.5 Å². The lowest BCUT2D eigenvalue weighted by atomic mass is 10.3. The summed E-state index contributed by atoms with van der Waals surface area (Å²) in [7, 11) is 1.89. The molecular weight excluding hydrogens is 266 g/mol. The molecule has 0 aliphatic heterocycles. The van der Waals surface area contributed by atoms with E-state index in [1.807, 2.05) is 0 Å². The number of nitrogen functional groups attached to an aromatic ring is 1. The molecule has 0 radical (unpaired) electrons. The van der Waals surface area contributed by atoms with Gasteiger partial charge in [0.05, 0.1) is 12.8 Å². The molecule has 9 heteroatoms. The maximum atomic E-state index is 12.4. The van der Waals surface area contributed by atoms with Crippen LogP contribution in [0.5, 0.6) is 5.75 Å². The van der Waals surface area contributed by atoms with Crippen LogP contribution in [-0.2, 0) is 9.05 Å². The van der Waals surface area contributed by atoms with Gasteiger partial charge in [-0.05, 0) is 0 Å². The van der Waals surface area contributed by atoms with Crippen molar-refractivity contribution >= 4 is 25.4 Å². The van der Waals surface area contributed by atoms with Crippen LogP contribution in [0, 0.1) is 0 Å². The van der Waals surface area contributed by atoms with Gasteiger partial charge in [0.2, 0.25) is 5.03 Å². The Kier molecular flexibility index (Phi) is 3.54. The van der Waals surface area contributed by atoms with Crippen molar-refractivity contribution < 1.29 is 21.9 Å². The molecule has 0 saturated heterocycles. The van der Waals surface area contributed by atoms with E-state index in [0.29, 0.717) is 0 Å². The normalized spacial score (nSPS) is 11.8. The van der Waals surface area contributed by atoms with Gasteiger partial charge in [0.1, 0.15) is 5.69 Å². The molecule has 0 atom stereocenters. The first kappa shape index (κ1) is 12.9. The van der Waals surface area contributed by atoms with Gasteiger partial charge in [0.15, 0.2) is 5.75 Å². The summed E-state index contributed by atoms with van der Waals surface area (Å²) in [6.45, 7) is 0. The largest absolute Gasteiger partial charge is 0.494 e. The Morgan fingerprint density at radius 2 is 2.12 bits per heavy atom. The summed E-state index contributed by atoms with van der Waals surface area (Å²) >= 11 is 0. The molecule has 0 saturated carbocycles. The van der Waals surface area contributed by atoms with Gasteiger partial charge >= 0.3 is 0 Å². The van der Waals surface area contributed by atoms with E-state index >= 15 is 0 Å². The Balaban J connectivity index is 3.53. The highest BCUT2D eigenvalue weighted by Crippen LogP contribution is 2.32. The zero-order valence-electron chi connectivity index (χ0n) is 7.95. The second-order valence-electron chi connectivity index (χ2n) is 2.71. The zero-order chi connectivity index (χ0) is 12.5. The average Bonchev–Trinajstić information content (AvgIpc) is 2.14. The number of hydrogen-bond donors (Lipinski definition) is 1. The lowest BCUT2D eigenvalue weighted by Crippen LogP contribution is -2.06. The molecule has 90 valence electrons. The zero-order valence-corrected chi connectivity index (χ0v) is 9.52. The average molecular weight is 273 g/mol. The van der Waals surface area contributed by atoms with Crippen LogP contribution in [0.2, 0.25) is 0 Å². The first-order chi connectivity index (χ1) is 7.27. The van der Waals surface area contributed by atoms with Gasteiger partial charge in [-0.1, -0.05) is 0 Å². The van der Waals surface area contributed by atoms with E-state index in [4.69, 9.17) is 16.4 Å². The van der Waals surface area contributed by atoms with Crippen LogP contribution < -0.4 is 10.5 Å². The molecule has 16 heavy (non-hydrogen) atoms. The van der Waals surface area contributed by atoms with Gasteiger partial charge in [-0.25, -0.2) is 22.2 Å². The molecular formula is C7H7ClF2N2O3S. The van der Waals surface area contributed by atoms with E-state index in [-0.39, 0.29) is 11.4 Å². The topological polar surface area (TPSA) is 82.3 Å². The first-order valence-electron chi connectivity index (χ1n) is 3.84. The highest BCUT2D eigenvalue weighted by atomic mass is 35.7. The SMILES string of the molecule is COc1cc(N)c(C(F)F)nc1S(=O)(=O)Cl. The van der Waals surface area contributed by atoms with Crippen LogP contribution in [0.4, 0.5) is 14.5 Å². The van der Waals surface area contributed by atoms with E-state index in [1.165, 1.54) is 0 Å². The summed E-state index contributed by atoms with van der Waals surface area (Å²) in [6.07, 6.45) is -3.00. The van der Waals surface area contributed by atoms with E-state index in [2.05, 4.69) is 9.72 Å². The quantitative estimate of drug-likeness (QED) is 0.844. The number of hydrogen-bond acceptors (Lipinski definition) is 5. The van der Waals surface area contributed by atoms with Crippen molar-refractivity contribution in [3.05, 3.63) is 11.8 Å². The molecule has 0 aromatic carbocycles. The molecule has 1 aromatic heterocycles. The second kappa shape index (κ2) is 4.38. The molecule has 1 heterocycles. The van der Waals surface area contributed by atoms with E-state index in [1.54, 1.807) is 0 Å². The third kappa shape index (κ3) is 2.50. The minimum absolute atomic E-state index is 0.281. The van der Waals surface area contributed by atoms with Gasteiger partial charge in [0, 0.05) is 16.7 Å². The maximum absolute atomic E-state index is 12.4. The Morgan fingerprint density at radius 1 is 1.56 bits per heavy atom. The van der Waals surface area contributed by atoms with Crippen LogP contribution in [0.15, 0.2) is 11.1 Å². The smallest absolute Gasteiger partial charge is 0.282 e. The van der Waals surface area contributed by atoms with Gasteiger partial charge in [-0.15, -0.1) is 0 Å². The number of rotatable bonds is 3. The first-order valence-corrected chi connectivity index (χ1v) is 6.15. The molecule has 1 aromatic rings. The molecule has 0 spiro atoms. The van der Waals surface area contributed by atoms with Crippen molar-refractivity contribution in [3.63, 3.8) is 0 Å². The number of pyridine rings is 1. The molecule has 0 amide bonds. The van der Waals surface area contributed by atoms with Crippen LogP contribution in [0.1, 0.15) is 12.1 Å². The lowest BCUT2D eigenvalue weighted by molar-refractivity contribution is 0.146. The molecule has 1 rings (SSSR count). The minimum Gasteiger partial charge on any atom is -0.494 e. The van der Waals surface area contributed by atoms with Crippen LogP contribution in [0.25, 0.3) is 0 Å². The number of halogens is 3. The Morgan fingerprint density at radius 3 is 2.50 bits per heavy atom. The van der Waals surface area contributed by atoms with Gasteiger partial charge < -0.3 is 10.5 Å². The van der Waals surface area contributed by atoms with Crippen molar-refractivity contribution in [2.45, 2.75) is 11.5 Å². The van der Waals surface area contributed by atoms with Crippen LogP contribution >= 0.6 is 10.7 Å². The standard InChI is InChI=1S/C7H7ClF2N2O3S/c1-15-4-2-3(11)5(6(9)10)12-7(4)16(8,13)14/h2,6H,11H2,1H3. The van der Waals surface area contributed by atoms with E-state index in [9.17, 15) is 17.2 Å². The molecule has 0 bridgehead atoms. The molecule has 0 unspecified atom stereocenters. The third-order valence-electron chi connectivity index (χ3n) is 1.67. The second-order valence-corrected chi connectivity index (χ2v) is 5.19. The number of anilines is 1. The summed E-state index contributed by atoms with van der Waals surface area (Å²) in [5.74, 6) is -0.281. The monoisotopic (exact) mass is 272 g/mol. The lowest BCUT2D eigenvalue weighted by Gasteiger charge is -2.09. The van der Waals surface area contributed by atoms with Crippen LogP contribution in [0.3, 0.4) is 0 Å². The highest BCUT2D eigenvalue weighted by molar-refractivity contribution is 8.13. The fourth-order valence-electron chi connectivity index (χ4n) is 1.00. The van der Waals surface area contributed by atoms with Gasteiger partial charge in [0.25, 0.3) is 15.5 Å². The number of alkyl halides is 2. The molecule has 2 N–H and O–H groups in total. The van der Waals surface area contributed by atoms with Crippen molar-refractivity contribution in [1.82, 2.24) is 4.98 Å².